The lowest BCUT2D eigenvalue weighted by Crippen LogP contribution is -2.41. The molecule has 0 radical (unpaired) electrons. The van der Waals surface area contributed by atoms with Crippen LogP contribution in [0.1, 0.15) is 18.5 Å². The van der Waals surface area contributed by atoms with Gasteiger partial charge in [0, 0.05) is 25.2 Å². The molecular weight excluding hydrogens is 278 g/mol. The van der Waals surface area contributed by atoms with Crippen molar-refractivity contribution >= 4 is 23.4 Å². The highest BCUT2D eigenvalue weighted by molar-refractivity contribution is 6.31. The number of halogens is 1. The van der Waals surface area contributed by atoms with Gasteiger partial charge < -0.3 is 15.5 Å². The second-order valence-corrected chi connectivity index (χ2v) is 4.95. The number of hydrogen-bond donors (Lipinski definition) is 2. The third-order valence-corrected chi connectivity index (χ3v) is 3.36. The van der Waals surface area contributed by atoms with Crippen LogP contribution in [0, 0.1) is 0 Å². The minimum absolute atomic E-state index is 0.0407. The van der Waals surface area contributed by atoms with Crippen LogP contribution >= 0.6 is 11.6 Å². The summed E-state index contributed by atoms with van der Waals surface area (Å²) in [5.41, 5.74) is 0.941. The molecule has 2 amide bonds. The molecule has 110 valence electrons. The van der Waals surface area contributed by atoms with E-state index in [2.05, 4.69) is 10.6 Å². The van der Waals surface area contributed by atoms with E-state index in [1.165, 1.54) is 4.90 Å². The highest BCUT2D eigenvalue weighted by atomic mass is 35.5. The summed E-state index contributed by atoms with van der Waals surface area (Å²) < 4.78 is 0. The average molecular weight is 298 g/mol. The molecule has 1 aromatic rings. The van der Waals surface area contributed by atoms with Crippen LogP contribution in [-0.4, -0.2) is 43.9 Å². The fourth-order valence-corrected chi connectivity index (χ4v) is 1.99. The van der Waals surface area contributed by atoms with E-state index in [9.17, 15) is 9.59 Å². The first-order valence-electron chi connectivity index (χ1n) is 6.38. The van der Waals surface area contributed by atoms with Crippen molar-refractivity contribution in [3.05, 3.63) is 34.9 Å². The van der Waals surface area contributed by atoms with Gasteiger partial charge in [-0.2, -0.15) is 0 Å². The maximum Gasteiger partial charge on any atom is 0.239 e. The lowest BCUT2D eigenvalue weighted by molar-refractivity contribution is -0.133. The van der Waals surface area contributed by atoms with Crippen LogP contribution < -0.4 is 10.6 Å². The van der Waals surface area contributed by atoms with Gasteiger partial charge in [0.05, 0.1) is 13.1 Å². The number of hydrogen-bond acceptors (Lipinski definition) is 3. The SMILES string of the molecule is CNC(=O)CN(C)C(=O)CN[C@H](C)c1ccccc1Cl. The van der Waals surface area contributed by atoms with Gasteiger partial charge in [-0.15, -0.1) is 0 Å². The number of rotatable bonds is 6. The largest absolute Gasteiger partial charge is 0.358 e. The first-order chi connectivity index (χ1) is 9.45. The molecular formula is C14H20ClN3O2. The van der Waals surface area contributed by atoms with Crippen LogP contribution in [0.15, 0.2) is 24.3 Å². The highest BCUT2D eigenvalue weighted by Crippen LogP contribution is 2.21. The average Bonchev–Trinajstić information content (AvgIpc) is 2.44. The normalized spacial score (nSPS) is 11.8. The third-order valence-electron chi connectivity index (χ3n) is 3.02. The molecule has 1 aromatic carbocycles. The second kappa shape index (κ2) is 7.87. The highest BCUT2D eigenvalue weighted by Gasteiger charge is 2.14. The molecule has 0 spiro atoms. The topological polar surface area (TPSA) is 61.4 Å². The third kappa shape index (κ3) is 4.83. The summed E-state index contributed by atoms with van der Waals surface area (Å²) in [6, 6.07) is 7.45. The van der Waals surface area contributed by atoms with E-state index in [-0.39, 0.29) is 30.9 Å². The molecule has 2 N–H and O–H groups in total. The number of likely N-dealkylation sites (N-methyl/N-ethyl adjacent to an activating group) is 2. The Kier molecular flexibility index (Phi) is 6.48. The fraction of sp³-hybridized carbons (Fsp3) is 0.429. The Morgan fingerprint density at radius 2 is 2.00 bits per heavy atom. The summed E-state index contributed by atoms with van der Waals surface area (Å²) >= 11 is 6.10. The van der Waals surface area contributed by atoms with Gasteiger partial charge in [0.25, 0.3) is 0 Å². The number of nitrogens with one attached hydrogen (secondary N) is 2. The van der Waals surface area contributed by atoms with Crippen molar-refractivity contribution in [2.24, 2.45) is 0 Å². The molecule has 0 fully saturated rings. The van der Waals surface area contributed by atoms with Crippen LogP contribution in [0.2, 0.25) is 5.02 Å². The number of carbonyl (C=O) groups excluding carboxylic acids is 2. The van der Waals surface area contributed by atoms with Crippen LogP contribution in [0.3, 0.4) is 0 Å². The van der Waals surface area contributed by atoms with E-state index >= 15 is 0 Å². The summed E-state index contributed by atoms with van der Waals surface area (Å²) in [7, 11) is 3.14. The summed E-state index contributed by atoms with van der Waals surface area (Å²) in [6.07, 6.45) is 0. The van der Waals surface area contributed by atoms with Gasteiger partial charge in [-0.05, 0) is 18.6 Å². The summed E-state index contributed by atoms with van der Waals surface area (Å²) in [5, 5.41) is 6.25. The molecule has 0 saturated carbocycles. The molecule has 0 heterocycles. The van der Waals surface area contributed by atoms with Crippen molar-refractivity contribution in [3.8, 4) is 0 Å². The quantitative estimate of drug-likeness (QED) is 0.829. The Morgan fingerprint density at radius 3 is 2.60 bits per heavy atom. The van der Waals surface area contributed by atoms with E-state index in [4.69, 9.17) is 11.6 Å². The second-order valence-electron chi connectivity index (χ2n) is 4.55. The zero-order chi connectivity index (χ0) is 15.1. The van der Waals surface area contributed by atoms with Gasteiger partial charge in [-0.25, -0.2) is 0 Å². The zero-order valence-electron chi connectivity index (χ0n) is 11.9. The lowest BCUT2D eigenvalue weighted by Gasteiger charge is -2.19. The van der Waals surface area contributed by atoms with Crippen LogP contribution in [0.5, 0.6) is 0 Å². The van der Waals surface area contributed by atoms with E-state index < -0.39 is 0 Å². The molecule has 0 unspecified atom stereocenters. The van der Waals surface area contributed by atoms with Crippen LogP contribution in [0.25, 0.3) is 0 Å². The van der Waals surface area contributed by atoms with Crippen molar-refractivity contribution in [1.82, 2.24) is 15.5 Å². The molecule has 0 aliphatic carbocycles. The Hall–Kier alpha value is -1.59. The summed E-state index contributed by atoms with van der Waals surface area (Å²) in [5.74, 6) is -0.340. The standard InChI is InChI=1S/C14H20ClN3O2/c1-10(11-6-4-5-7-12(11)15)17-8-14(20)18(3)9-13(19)16-2/h4-7,10,17H,8-9H2,1-3H3,(H,16,19)/t10-/m1/s1. The lowest BCUT2D eigenvalue weighted by atomic mass is 10.1. The maximum atomic E-state index is 11.9. The van der Waals surface area contributed by atoms with Crippen LogP contribution in [-0.2, 0) is 9.59 Å². The number of amides is 2. The zero-order valence-corrected chi connectivity index (χ0v) is 12.7. The Labute approximate surface area is 124 Å². The van der Waals surface area contributed by atoms with Crippen molar-refractivity contribution in [1.29, 1.82) is 0 Å². The monoisotopic (exact) mass is 297 g/mol. The minimum atomic E-state index is -0.194. The summed E-state index contributed by atoms with van der Waals surface area (Å²) in [4.78, 5) is 24.4. The van der Waals surface area contributed by atoms with Crippen molar-refractivity contribution in [2.45, 2.75) is 13.0 Å². The van der Waals surface area contributed by atoms with Gasteiger partial charge in [0.2, 0.25) is 11.8 Å². The van der Waals surface area contributed by atoms with Crippen molar-refractivity contribution in [2.75, 3.05) is 27.2 Å². The molecule has 0 bridgehead atoms. The van der Waals surface area contributed by atoms with E-state index in [0.29, 0.717) is 5.02 Å². The minimum Gasteiger partial charge on any atom is -0.358 e. The van der Waals surface area contributed by atoms with Gasteiger partial charge >= 0.3 is 0 Å². The molecule has 6 heteroatoms. The molecule has 20 heavy (non-hydrogen) atoms. The molecule has 1 rings (SSSR count). The Balaban J connectivity index is 2.48. The number of benzene rings is 1. The molecule has 5 nitrogen and oxygen atoms in total. The first kappa shape index (κ1) is 16.5. The van der Waals surface area contributed by atoms with E-state index in [1.807, 2.05) is 31.2 Å². The van der Waals surface area contributed by atoms with Crippen molar-refractivity contribution < 1.29 is 9.59 Å². The molecule has 0 saturated heterocycles. The fourth-order valence-electron chi connectivity index (χ4n) is 1.69. The molecule has 0 aliphatic rings. The predicted molar refractivity (Wildman–Crippen MR) is 79.6 cm³/mol. The Morgan fingerprint density at radius 1 is 1.35 bits per heavy atom. The Bertz CT molecular complexity index is 479. The van der Waals surface area contributed by atoms with E-state index in [0.717, 1.165) is 5.56 Å². The van der Waals surface area contributed by atoms with Crippen molar-refractivity contribution in [3.63, 3.8) is 0 Å². The summed E-state index contributed by atoms with van der Waals surface area (Å²) in [6.45, 7) is 2.14. The van der Waals surface area contributed by atoms with Gasteiger partial charge in [-0.1, -0.05) is 29.8 Å². The van der Waals surface area contributed by atoms with Gasteiger partial charge in [0.1, 0.15) is 0 Å². The first-order valence-corrected chi connectivity index (χ1v) is 6.75. The maximum absolute atomic E-state index is 11.9. The van der Waals surface area contributed by atoms with Crippen LogP contribution in [0.4, 0.5) is 0 Å². The van der Waals surface area contributed by atoms with Gasteiger partial charge in [0.15, 0.2) is 0 Å². The molecule has 0 aliphatic heterocycles. The number of carbonyl (C=O) groups is 2. The smallest absolute Gasteiger partial charge is 0.239 e. The number of nitrogens with zero attached hydrogens (tertiary/aromatic N) is 1. The van der Waals surface area contributed by atoms with Gasteiger partial charge in [-0.3, -0.25) is 9.59 Å². The predicted octanol–water partition coefficient (Wildman–Crippen LogP) is 1.20. The molecule has 0 aromatic heterocycles. The van der Waals surface area contributed by atoms with E-state index in [1.54, 1.807) is 14.1 Å². The molecule has 1 atom stereocenters.